The molecule has 2 aromatic heterocycles. The highest BCUT2D eigenvalue weighted by atomic mass is 32.1. The molecule has 2 aliphatic carbocycles. The molecule has 2 aliphatic rings. The Balaban J connectivity index is 1.50. The number of aryl methyl sites for hydroxylation is 2. The first-order valence-electron chi connectivity index (χ1n) is 10.1. The summed E-state index contributed by atoms with van der Waals surface area (Å²) in [7, 11) is 0. The molecule has 2 saturated carbocycles. The van der Waals surface area contributed by atoms with Crippen molar-refractivity contribution >= 4 is 21.6 Å². The summed E-state index contributed by atoms with van der Waals surface area (Å²) in [4.78, 5) is 12.0. The summed E-state index contributed by atoms with van der Waals surface area (Å²) in [6.45, 7) is 1.96. The molecular formula is C21H28F2N2S. The normalized spacial score (nSPS) is 22.1. The molecule has 0 aromatic carbocycles. The van der Waals surface area contributed by atoms with E-state index in [1.54, 1.807) is 0 Å². The van der Waals surface area contributed by atoms with Crippen LogP contribution in [0.1, 0.15) is 86.5 Å². The predicted molar refractivity (Wildman–Crippen MR) is 103 cm³/mol. The van der Waals surface area contributed by atoms with Gasteiger partial charge in [-0.1, -0.05) is 19.3 Å². The van der Waals surface area contributed by atoms with Crippen LogP contribution >= 0.6 is 11.3 Å². The van der Waals surface area contributed by atoms with Gasteiger partial charge in [0.2, 0.25) is 5.92 Å². The minimum atomic E-state index is -2.43. The Bertz CT molecular complexity index is 755. The molecule has 4 rings (SSSR count). The standard InChI is InChI=1S/C21H28F2N2S/c1-14-24-18(8-7-15-9-11-21(22,23)12-10-15)17-13-19(26-20(17)25-14)16-5-3-2-4-6-16/h13,15-16H,2-12H2,1H3. The van der Waals surface area contributed by atoms with Crippen LogP contribution < -0.4 is 0 Å². The molecule has 0 spiro atoms. The summed E-state index contributed by atoms with van der Waals surface area (Å²) in [6.07, 6.45) is 9.90. The fourth-order valence-corrected chi connectivity index (χ4v) is 5.89. The molecule has 142 valence electrons. The van der Waals surface area contributed by atoms with Gasteiger partial charge < -0.3 is 0 Å². The molecule has 5 heteroatoms. The van der Waals surface area contributed by atoms with Crippen molar-refractivity contribution < 1.29 is 8.78 Å². The maximum absolute atomic E-state index is 13.4. The first-order chi connectivity index (χ1) is 12.5. The molecule has 0 unspecified atom stereocenters. The van der Waals surface area contributed by atoms with Gasteiger partial charge in [-0.05, 0) is 63.4 Å². The van der Waals surface area contributed by atoms with Crippen molar-refractivity contribution in [3.8, 4) is 0 Å². The molecule has 0 N–H and O–H groups in total. The lowest BCUT2D eigenvalue weighted by Gasteiger charge is -2.28. The topological polar surface area (TPSA) is 25.8 Å². The van der Waals surface area contributed by atoms with E-state index >= 15 is 0 Å². The highest BCUT2D eigenvalue weighted by Crippen LogP contribution is 2.40. The second kappa shape index (κ2) is 7.49. The van der Waals surface area contributed by atoms with Crippen LogP contribution in [0.5, 0.6) is 0 Å². The molecule has 0 atom stereocenters. The van der Waals surface area contributed by atoms with E-state index in [4.69, 9.17) is 4.98 Å². The molecule has 2 fully saturated rings. The van der Waals surface area contributed by atoms with Crippen LogP contribution in [-0.2, 0) is 6.42 Å². The maximum Gasteiger partial charge on any atom is 0.248 e. The molecule has 0 saturated heterocycles. The van der Waals surface area contributed by atoms with Crippen LogP contribution in [0, 0.1) is 12.8 Å². The van der Waals surface area contributed by atoms with Crippen LogP contribution in [0.2, 0.25) is 0 Å². The maximum atomic E-state index is 13.4. The largest absolute Gasteiger partial charge is 0.248 e. The van der Waals surface area contributed by atoms with Crippen LogP contribution in [-0.4, -0.2) is 15.9 Å². The lowest BCUT2D eigenvalue weighted by molar-refractivity contribution is -0.0464. The number of alkyl halides is 2. The summed E-state index contributed by atoms with van der Waals surface area (Å²) in [5, 5.41) is 1.21. The van der Waals surface area contributed by atoms with Gasteiger partial charge >= 0.3 is 0 Å². The number of thiophene rings is 1. The lowest BCUT2D eigenvalue weighted by Crippen LogP contribution is -2.24. The van der Waals surface area contributed by atoms with Crippen LogP contribution in [0.25, 0.3) is 10.2 Å². The molecule has 2 aromatic rings. The molecule has 0 aliphatic heterocycles. The zero-order valence-corrected chi connectivity index (χ0v) is 16.4. The number of fused-ring (bicyclic) bond motifs is 1. The van der Waals surface area contributed by atoms with Gasteiger partial charge in [0.1, 0.15) is 10.7 Å². The van der Waals surface area contributed by atoms with Crippen molar-refractivity contribution in [1.29, 1.82) is 0 Å². The van der Waals surface area contributed by atoms with Gasteiger partial charge in [-0.25, -0.2) is 18.7 Å². The summed E-state index contributed by atoms with van der Waals surface area (Å²) >= 11 is 1.84. The third-order valence-electron chi connectivity index (χ3n) is 6.24. The zero-order valence-electron chi connectivity index (χ0n) is 15.6. The van der Waals surface area contributed by atoms with Crippen molar-refractivity contribution in [2.75, 3.05) is 0 Å². The van der Waals surface area contributed by atoms with E-state index in [1.165, 1.54) is 42.4 Å². The Morgan fingerprint density at radius 1 is 1.08 bits per heavy atom. The molecule has 2 heterocycles. The summed E-state index contributed by atoms with van der Waals surface area (Å²) in [6, 6.07) is 2.33. The van der Waals surface area contributed by atoms with Gasteiger partial charge in [-0.2, -0.15) is 0 Å². The van der Waals surface area contributed by atoms with E-state index in [0.717, 1.165) is 29.2 Å². The molecule has 26 heavy (non-hydrogen) atoms. The van der Waals surface area contributed by atoms with Gasteiger partial charge in [0.15, 0.2) is 0 Å². The van der Waals surface area contributed by atoms with E-state index in [2.05, 4.69) is 11.1 Å². The smallest absolute Gasteiger partial charge is 0.238 e. The van der Waals surface area contributed by atoms with E-state index in [-0.39, 0.29) is 12.8 Å². The fourth-order valence-electron chi connectivity index (χ4n) is 4.63. The Labute approximate surface area is 158 Å². The highest BCUT2D eigenvalue weighted by Gasteiger charge is 2.34. The summed E-state index contributed by atoms with van der Waals surface area (Å²) < 4.78 is 26.7. The van der Waals surface area contributed by atoms with Gasteiger partial charge in [0, 0.05) is 23.1 Å². The van der Waals surface area contributed by atoms with E-state index < -0.39 is 5.92 Å². The SMILES string of the molecule is Cc1nc(CCC2CCC(F)(F)CC2)c2cc(C3CCCCC3)sc2n1. The quantitative estimate of drug-likeness (QED) is 0.584. The third-order valence-corrected chi connectivity index (χ3v) is 7.43. The minimum Gasteiger partial charge on any atom is -0.238 e. The molecule has 0 radical (unpaired) electrons. The molecular weight excluding hydrogens is 350 g/mol. The first-order valence-corrected chi connectivity index (χ1v) is 11.0. The summed E-state index contributed by atoms with van der Waals surface area (Å²) in [5.74, 6) is -0.495. The third kappa shape index (κ3) is 4.08. The van der Waals surface area contributed by atoms with Crippen molar-refractivity contribution in [3.05, 3.63) is 22.5 Å². The van der Waals surface area contributed by atoms with E-state index in [9.17, 15) is 8.78 Å². The number of hydrogen-bond donors (Lipinski definition) is 0. The Hall–Kier alpha value is -1.10. The average Bonchev–Trinajstić information content (AvgIpc) is 3.05. The van der Waals surface area contributed by atoms with Gasteiger partial charge in [0.05, 0.1) is 5.69 Å². The molecule has 0 amide bonds. The molecule has 0 bridgehead atoms. The van der Waals surface area contributed by atoms with Crippen molar-refractivity contribution in [3.63, 3.8) is 0 Å². The lowest BCUT2D eigenvalue weighted by atomic mass is 9.83. The number of hydrogen-bond acceptors (Lipinski definition) is 3. The number of nitrogens with zero attached hydrogens (tertiary/aromatic N) is 2. The van der Waals surface area contributed by atoms with Crippen LogP contribution in [0.4, 0.5) is 8.78 Å². The van der Waals surface area contributed by atoms with Crippen LogP contribution in [0.3, 0.4) is 0 Å². The van der Waals surface area contributed by atoms with E-state index in [1.807, 2.05) is 18.3 Å². The van der Waals surface area contributed by atoms with Crippen molar-refractivity contribution in [2.24, 2.45) is 5.92 Å². The number of halogens is 2. The van der Waals surface area contributed by atoms with Crippen LogP contribution in [0.15, 0.2) is 6.07 Å². The fraction of sp³-hybridized carbons (Fsp3) is 0.714. The Morgan fingerprint density at radius 2 is 1.81 bits per heavy atom. The van der Waals surface area contributed by atoms with Gasteiger partial charge in [-0.3, -0.25) is 0 Å². The summed E-state index contributed by atoms with van der Waals surface area (Å²) in [5.41, 5.74) is 1.13. The van der Waals surface area contributed by atoms with Gasteiger partial charge in [-0.15, -0.1) is 11.3 Å². The Kier molecular flexibility index (Phi) is 5.27. The zero-order chi connectivity index (χ0) is 18.1. The predicted octanol–water partition coefficient (Wildman–Crippen LogP) is 6.81. The number of aromatic nitrogens is 2. The minimum absolute atomic E-state index is 0.0557. The second-order valence-corrected chi connectivity index (χ2v) is 9.32. The van der Waals surface area contributed by atoms with Gasteiger partial charge in [0.25, 0.3) is 0 Å². The monoisotopic (exact) mass is 378 g/mol. The average molecular weight is 379 g/mol. The number of rotatable bonds is 4. The van der Waals surface area contributed by atoms with Crippen molar-refractivity contribution in [2.45, 2.75) is 89.4 Å². The van der Waals surface area contributed by atoms with E-state index in [0.29, 0.717) is 24.7 Å². The van der Waals surface area contributed by atoms with Crippen molar-refractivity contribution in [1.82, 2.24) is 9.97 Å². The second-order valence-electron chi connectivity index (χ2n) is 8.26. The Morgan fingerprint density at radius 3 is 2.54 bits per heavy atom. The molecule has 2 nitrogen and oxygen atoms in total. The highest BCUT2D eigenvalue weighted by molar-refractivity contribution is 7.18. The first kappa shape index (κ1) is 18.3.